The molecule has 0 aromatic carbocycles. The van der Waals surface area contributed by atoms with Gasteiger partial charge in [-0.3, -0.25) is 5.32 Å². The van der Waals surface area contributed by atoms with E-state index in [0.29, 0.717) is 11.4 Å². The molecule has 0 atom stereocenters. The van der Waals surface area contributed by atoms with Crippen LogP contribution in [0.1, 0.15) is 26.5 Å². The van der Waals surface area contributed by atoms with Crippen molar-refractivity contribution in [1.29, 1.82) is 0 Å². The van der Waals surface area contributed by atoms with Crippen LogP contribution in [0.15, 0.2) is 12.1 Å². The van der Waals surface area contributed by atoms with Gasteiger partial charge in [-0.25, -0.2) is 18.6 Å². The third-order valence-corrected chi connectivity index (χ3v) is 1.93. The Morgan fingerprint density at radius 3 is 2.60 bits per heavy atom. The maximum Gasteiger partial charge on any atom is 0.412 e. The second kappa shape index (κ2) is 6.49. The van der Waals surface area contributed by atoms with Crippen molar-refractivity contribution in [2.75, 3.05) is 11.9 Å². The van der Waals surface area contributed by atoms with Gasteiger partial charge in [0.25, 0.3) is 6.43 Å². The van der Waals surface area contributed by atoms with Crippen molar-refractivity contribution in [3.8, 4) is 5.88 Å². The largest absolute Gasteiger partial charge is 0.472 e. The molecule has 0 unspecified atom stereocenters. The number of aryl methyl sites for hydroxylation is 1. The van der Waals surface area contributed by atoms with Gasteiger partial charge < -0.3 is 9.47 Å². The summed E-state index contributed by atoms with van der Waals surface area (Å²) in [6.45, 7) is 6.13. The summed E-state index contributed by atoms with van der Waals surface area (Å²) in [4.78, 5) is 15.5. The first-order valence-corrected chi connectivity index (χ1v) is 6.05. The van der Waals surface area contributed by atoms with Crippen LogP contribution in [0.2, 0.25) is 0 Å². The fourth-order valence-corrected chi connectivity index (χ4v) is 1.35. The molecule has 0 radical (unpaired) electrons. The summed E-state index contributed by atoms with van der Waals surface area (Å²) in [6, 6.07) is 2.94. The maximum absolute atomic E-state index is 12.1. The molecule has 0 aliphatic heterocycles. The number of pyridine rings is 1. The van der Waals surface area contributed by atoms with E-state index in [4.69, 9.17) is 9.47 Å². The number of halogens is 2. The van der Waals surface area contributed by atoms with Crippen molar-refractivity contribution in [3.63, 3.8) is 0 Å². The van der Waals surface area contributed by atoms with E-state index in [2.05, 4.69) is 10.3 Å². The molecular weight excluding hydrogens is 270 g/mol. The van der Waals surface area contributed by atoms with Crippen LogP contribution in [0, 0.1) is 6.92 Å². The van der Waals surface area contributed by atoms with Gasteiger partial charge in [-0.1, -0.05) is 0 Å². The minimum Gasteiger partial charge on any atom is -0.472 e. The fraction of sp³-hybridized carbons (Fsp3) is 0.538. The molecule has 1 heterocycles. The van der Waals surface area contributed by atoms with E-state index in [9.17, 15) is 13.6 Å². The summed E-state index contributed by atoms with van der Waals surface area (Å²) in [5.74, 6) is 0.0244. The van der Waals surface area contributed by atoms with Crippen molar-refractivity contribution in [2.24, 2.45) is 0 Å². The van der Waals surface area contributed by atoms with Crippen molar-refractivity contribution >= 4 is 11.8 Å². The molecule has 0 spiro atoms. The van der Waals surface area contributed by atoms with E-state index in [1.54, 1.807) is 33.8 Å². The lowest BCUT2D eigenvalue weighted by atomic mass is 10.2. The van der Waals surface area contributed by atoms with Gasteiger partial charge in [0.1, 0.15) is 5.60 Å². The third kappa shape index (κ3) is 6.31. The molecule has 1 aromatic rings. The van der Waals surface area contributed by atoms with E-state index in [-0.39, 0.29) is 5.88 Å². The molecule has 0 aliphatic carbocycles. The predicted molar refractivity (Wildman–Crippen MR) is 70.3 cm³/mol. The maximum atomic E-state index is 12.1. The first-order chi connectivity index (χ1) is 9.15. The molecule has 112 valence electrons. The number of anilines is 1. The number of hydrogen-bond donors (Lipinski definition) is 1. The monoisotopic (exact) mass is 288 g/mol. The number of carbonyl (C=O) groups excluding carboxylic acids is 1. The standard InChI is InChI=1S/C13H18F2N2O3/c1-8-5-9(17-12(18)20-13(2,3)4)6-11(16-8)19-7-10(14)15/h5-6,10H,7H2,1-4H3,(H,16,17,18). The van der Waals surface area contributed by atoms with Crippen molar-refractivity contribution in [2.45, 2.75) is 39.7 Å². The summed E-state index contributed by atoms with van der Waals surface area (Å²) in [6.07, 6.45) is -3.22. The van der Waals surface area contributed by atoms with Crippen LogP contribution in [0.4, 0.5) is 19.3 Å². The summed E-state index contributed by atoms with van der Waals surface area (Å²) >= 11 is 0. The highest BCUT2D eigenvalue weighted by Crippen LogP contribution is 2.18. The molecule has 20 heavy (non-hydrogen) atoms. The number of aromatic nitrogens is 1. The molecule has 0 fully saturated rings. The van der Waals surface area contributed by atoms with E-state index in [0.717, 1.165) is 0 Å². The highest BCUT2D eigenvalue weighted by atomic mass is 19.3. The van der Waals surface area contributed by atoms with Crippen LogP contribution in [0.3, 0.4) is 0 Å². The molecule has 1 amide bonds. The van der Waals surface area contributed by atoms with Crippen LogP contribution < -0.4 is 10.1 Å². The van der Waals surface area contributed by atoms with Crippen LogP contribution in [-0.4, -0.2) is 29.7 Å². The molecular formula is C13H18F2N2O3. The molecule has 1 aromatic heterocycles. The normalized spacial score (nSPS) is 11.3. The van der Waals surface area contributed by atoms with Gasteiger partial charge in [-0.15, -0.1) is 0 Å². The zero-order valence-electron chi connectivity index (χ0n) is 11.9. The zero-order chi connectivity index (χ0) is 15.3. The minimum atomic E-state index is -2.58. The van der Waals surface area contributed by atoms with Crippen LogP contribution in [0.25, 0.3) is 0 Å². The highest BCUT2D eigenvalue weighted by molar-refractivity contribution is 5.85. The van der Waals surface area contributed by atoms with Crippen molar-refractivity contribution in [3.05, 3.63) is 17.8 Å². The molecule has 0 bridgehead atoms. The Morgan fingerprint density at radius 1 is 1.40 bits per heavy atom. The topological polar surface area (TPSA) is 60.5 Å². The van der Waals surface area contributed by atoms with Crippen LogP contribution in [0.5, 0.6) is 5.88 Å². The lowest BCUT2D eigenvalue weighted by Crippen LogP contribution is -2.27. The number of hydrogen-bond acceptors (Lipinski definition) is 4. The SMILES string of the molecule is Cc1cc(NC(=O)OC(C)(C)C)cc(OCC(F)F)n1. The van der Waals surface area contributed by atoms with E-state index < -0.39 is 24.7 Å². The number of nitrogens with zero attached hydrogens (tertiary/aromatic N) is 1. The Labute approximate surface area is 116 Å². The van der Waals surface area contributed by atoms with Gasteiger partial charge in [0.05, 0.1) is 5.69 Å². The number of amides is 1. The molecule has 0 saturated heterocycles. The first-order valence-electron chi connectivity index (χ1n) is 6.05. The number of ether oxygens (including phenoxy) is 2. The Hall–Kier alpha value is -1.92. The van der Waals surface area contributed by atoms with E-state index >= 15 is 0 Å². The molecule has 5 nitrogen and oxygen atoms in total. The van der Waals surface area contributed by atoms with E-state index in [1.807, 2.05) is 0 Å². The third-order valence-electron chi connectivity index (χ3n) is 1.93. The second-order valence-corrected chi connectivity index (χ2v) is 5.16. The van der Waals surface area contributed by atoms with Gasteiger partial charge in [0.15, 0.2) is 6.61 Å². The molecule has 0 saturated carbocycles. The summed E-state index contributed by atoms with van der Waals surface area (Å²) in [7, 11) is 0. The van der Waals surface area contributed by atoms with Gasteiger partial charge in [-0.05, 0) is 33.8 Å². The Morgan fingerprint density at radius 2 is 2.05 bits per heavy atom. The Bertz CT molecular complexity index is 473. The molecule has 1 rings (SSSR count). The van der Waals surface area contributed by atoms with Crippen molar-refractivity contribution < 1.29 is 23.0 Å². The summed E-state index contributed by atoms with van der Waals surface area (Å²) in [5, 5.41) is 2.50. The minimum absolute atomic E-state index is 0.0244. The Balaban J connectivity index is 2.73. The van der Waals surface area contributed by atoms with Gasteiger partial charge in [0, 0.05) is 11.8 Å². The second-order valence-electron chi connectivity index (χ2n) is 5.16. The number of alkyl halides is 2. The van der Waals surface area contributed by atoms with Crippen LogP contribution in [-0.2, 0) is 4.74 Å². The first kappa shape index (κ1) is 16.1. The lowest BCUT2D eigenvalue weighted by Gasteiger charge is -2.19. The number of rotatable bonds is 4. The van der Waals surface area contributed by atoms with Crippen molar-refractivity contribution in [1.82, 2.24) is 4.98 Å². The highest BCUT2D eigenvalue weighted by Gasteiger charge is 2.16. The van der Waals surface area contributed by atoms with Gasteiger partial charge in [0.2, 0.25) is 5.88 Å². The van der Waals surface area contributed by atoms with Crippen LogP contribution >= 0.6 is 0 Å². The molecule has 0 aliphatic rings. The quantitative estimate of drug-likeness (QED) is 0.922. The Kier molecular flexibility index (Phi) is 5.24. The number of nitrogens with one attached hydrogen (secondary N) is 1. The average Bonchev–Trinajstić information content (AvgIpc) is 2.22. The average molecular weight is 288 g/mol. The smallest absolute Gasteiger partial charge is 0.412 e. The lowest BCUT2D eigenvalue weighted by molar-refractivity contribution is 0.0635. The summed E-state index contributed by atoms with van der Waals surface area (Å²) in [5.41, 5.74) is 0.278. The van der Waals surface area contributed by atoms with Gasteiger partial charge >= 0.3 is 6.09 Å². The summed E-state index contributed by atoms with van der Waals surface area (Å²) < 4.78 is 34.1. The predicted octanol–water partition coefficient (Wildman–Crippen LogP) is 3.38. The number of carbonyl (C=O) groups is 1. The molecule has 1 N–H and O–H groups in total. The zero-order valence-corrected chi connectivity index (χ0v) is 11.9. The fourth-order valence-electron chi connectivity index (χ4n) is 1.35. The van der Waals surface area contributed by atoms with Gasteiger partial charge in [-0.2, -0.15) is 0 Å². The molecule has 7 heteroatoms. The van der Waals surface area contributed by atoms with E-state index in [1.165, 1.54) is 6.07 Å².